The normalized spacial score (nSPS) is 10.3. The zero-order valence-electron chi connectivity index (χ0n) is 10.5. The fourth-order valence-corrected chi connectivity index (χ4v) is 2.19. The van der Waals surface area contributed by atoms with Crippen molar-refractivity contribution in [2.24, 2.45) is 5.73 Å². The highest BCUT2D eigenvalue weighted by Gasteiger charge is 2.10. The van der Waals surface area contributed by atoms with Crippen molar-refractivity contribution in [3.8, 4) is 17.0 Å². The van der Waals surface area contributed by atoms with Gasteiger partial charge in [-0.2, -0.15) is 0 Å². The predicted molar refractivity (Wildman–Crippen MR) is 75.0 cm³/mol. The van der Waals surface area contributed by atoms with Crippen LogP contribution in [-0.2, 0) is 0 Å². The molecule has 0 aliphatic heterocycles. The maximum absolute atomic E-state index is 11.2. The van der Waals surface area contributed by atoms with Crippen LogP contribution in [0.2, 0.25) is 0 Å². The summed E-state index contributed by atoms with van der Waals surface area (Å²) in [7, 11) is 1.60. The summed E-state index contributed by atoms with van der Waals surface area (Å²) in [6.07, 6.45) is 0. The van der Waals surface area contributed by atoms with Crippen molar-refractivity contribution >= 4 is 21.8 Å². The molecule has 0 bridgehead atoms. The van der Waals surface area contributed by atoms with E-state index >= 15 is 0 Å². The van der Waals surface area contributed by atoms with E-state index in [0.29, 0.717) is 11.4 Å². The molecule has 5 nitrogen and oxygen atoms in total. The first-order valence-electron chi connectivity index (χ1n) is 5.50. The molecule has 0 atom stereocenters. The monoisotopic (exact) mass is 321 g/mol. The number of methoxy groups -OCH3 is 1. The number of benzene rings is 1. The molecule has 0 aliphatic rings. The van der Waals surface area contributed by atoms with E-state index in [1.165, 1.54) is 0 Å². The second-order valence-electron chi connectivity index (χ2n) is 3.93. The number of rotatable bonds is 3. The number of hydrogen-bond acceptors (Lipinski definition) is 4. The van der Waals surface area contributed by atoms with Crippen LogP contribution in [0.3, 0.4) is 0 Å². The van der Waals surface area contributed by atoms with E-state index in [0.717, 1.165) is 15.8 Å². The maximum Gasteiger partial charge on any atom is 0.286 e. The van der Waals surface area contributed by atoms with Crippen molar-refractivity contribution in [1.29, 1.82) is 0 Å². The van der Waals surface area contributed by atoms with Gasteiger partial charge in [0.15, 0.2) is 0 Å². The van der Waals surface area contributed by atoms with E-state index in [4.69, 9.17) is 10.5 Å². The van der Waals surface area contributed by atoms with Crippen LogP contribution in [0.25, 0.3) is 11.3 Å². The third-order valence-corrected chi connectivity index (χ3v) is 3.14. The first kappa shape index (κ1) is 13.5. The number of halogens is 1. The van der Waals surface area contributed by atoms with E-state index in [2.05, 4.69) is 25.9 Å². The molecule has 0 spiro atoms. The summed E-state index contributed by atoms with van der Waals surface area (Å²) in [5.74, 6) is 0.101. The van der Waals surface area contributed by atoms with Gasteiger partial charge >= 0.3 is 0 Å². The lowest BCUT2D eigenvalue weighted by atomic mass is 10.1. The lowest BCUT2D eigenvalue weighted by Crippen LogP contribution is -2.16. The van der Waals surface area contributed by atoms with Crippen molar-refractivity contribution in [3.05, 3.63) is 40.3 Å². The van der Waals surface area contributed by atoms with Crippen molar-refractivity contribution < 1.29 is 9.53 Å². The van der Waals surface area contributed by atoms with Crippen LogP contribution in [0, 0.1) is 6.92 Å². The minimum atomic E-state index is -0.641. The second-order valence-corrected chi connectivity index (χ2v) is 4.79. The summed E-state index contributed by atoms with van der Waals surface area (Å²) in [6, 6.07) is 7.34. The Labute approximate surface area is 119 Å². The van der Waals surface area contributed by atoms with Gasteiger partial charge in [0.2, 0.25) is 5.82 Å². The van der Waals surface area contributed by atoms with Crippen LogP contribution in [0.15, 0.2) is 28.7 Å². The molecule has 0 unspecified atom stereocenters. The van der Waals surface area contributed by atoms with Crippen LogP contribution in [0.5, 0.6) is 5.75 Å². The number of aromatic nitrogens is 2. The molecule has 1 aromatic carbocycles. The molecular formula is C13H12BrN3O2. The summed E-state index contributed by atoms with van der Waals surface area (Å²) in [6.45, 7) is 1.79. The van der Waals surface area contributed by atoms with Crippen LogP contribution >= 0.6 is 15.9 Å². The Bertz CT molecular complexity index is 644. The molecule has 0 fully saturated rings. The van der Waals surface area contributed by atoms with E-state index in [1.54, 1.807) is 20.1 Å². The third-order valence-electron chi connectivity index (χ3n) is 2.52. The number of hydrogen-bond donors (Lipinski definition) is 1. The second kappa shape index (κ2) is 5.36. The number of aryl methyl sites for hydroxylation is 1. The Morgan fingerprint density at radius 1 is 1.32 bits per heavy atom. The van der Waals surface area contributed by atoms with E-state index in [1.807, 2.05) is 18.2 Å². The SMILES string of the molecule is COc1ccc(-c2cc(C)nc(C(N)=O)n2)cc1Br. The molecule has 1 amide bonds. The Kier molecular flexibility index (Phi) is 3.80. The molecule has 1 aromatic heterocycles. The molecular weight excluding hydrogens is 310 g/mol. The number of primary amides is 1. The third kappa shape index (κ3) is 2.90. The van der Waals surface area contributed by atoms with Crippen molar-refractivity contribution in [2.75, 3.05) is 7.11 Å². The summed E-state index contributed by atoms with van der Waals surface area (Å²) in [5, 5.41) is 0. The largest absolute Gasteiger partial charge is 0.496 e. The smallest absolute Gasteiger partial charge is 0.286 e. The molecule has 0 radical (unpaired) electrons. The van der Waals surface area contributed by atoms with E-state index < -0.39 is 5.91 Å². The fraction of sp³-hybridized carbons (Fsp3) is 0.154. The zero-order chi connectivity index (χ0) is 14.0. The van der Waals surface area contributed by atoms with Crippen LogP contribution in [0.4, 0.5) is 0 Å². The van der Waals surface area contributed by atoms with Crippen LogP contribution < -0.4 is 10.5 Å². The Morgan fingerprint density at radius 2 is 2.05 bits per heavy atom. The van der Waals surface area contributed by atoms with Gasteiger partial charge in [-0.05, 0) is 47.1 Å². The Hall–Kier alpha value is -1.95. The van der Waals surface area contributed by atoms with Crippen molar-refractivity contribution in [3.63, 3.8) is 0 Å². The number of carbonyl (C=O) groups excluding carboxylic acids is 1. The average Bonchev–Trinajstić information content (AvgIpc) is 2.37. The highest BCUT2D eigenvalue weighted by atomic mass is 79.9. The van der Waals surface area contributed by atoms with E-state index in [-0.39, 0.29) is 5.82 Å². The highest BCUT2D eigenvalue weighted by molar-refractivity contribution is 9.10. The number of nitrogens with two attached hydrogens (primary N) is 1. The maximum atomic E-state index is 11.2. The first-order chi connectivity index (χ1) is 9.01. The van der Waals surface area contributed by atoms with Gasteiger partial charge in [-0.25, -0.2) is 9.97 Å². The summed E-state index contributed by atoms with van der Waals surface area (Å²) < 4.78 is 5.98. The van der Waals surface area contributed by atoms with Gasteiger partial charge in [0.1, 0.15) is 5.75 Å². The van der Waals surface area contributed by atoms with Crippen LogP contribution in [0.1, 0.15) is 16.3 Å². The van der Waals surface area contributed by atoms with Gasteiger partial charge in [0.25, 0.3) is 5.91 Å². The molecule has 0 saturated carbocycles. The zero-order valence-corrected chi connectivity index (χ0v) is 12.1. The fourth-order valence-electron chi connectivity index (χ4n) is 1.65. The van der Waals surface area contributed by atoms with Crippen molar-refractivity contribution in [1.82, 2.24) is 9.97 Å². The minimum Gasteiger partial charge on any atom is -0.496 e. The van der Waals surface area contributed by atoms with E-state index in [9.17, 15) is 4.79 Å². The number of ether oxygens (including phenoxy) is 1. The van der Waals surface area contributed by atoms with Crippen LogP contribution in [-0.4, -0.2) is 23.0 Å². The lowest BCUT2D eigenvalue weighted by molar-refractivity contribution is 0.0990. The topological polar surface area (TPSA) is 78.1 Å². The molecule has 0 aliphatic carbocycles. The molecule has 0 saturated heterocycles. The average molecular weight is 322 g/mol. The molecule has 2 rings (SSSR count). The predicted octanol–water partition coefficient (Wildman–Crippen LogP) is 2.32. The van der Waals surface area contributed by atoms with Gasteiger partial charge in [0.05, 0.1) is 17.3 Å². The molecule has 2 N–H and O–H groups in total. The first-order valence-corrected chi connectivity index (χ1v) is 6.30. The molecule has 6 heteroatoms. The van der Waals surface area contributed by atoms with Crippen molar-refractivity contribution in [2.45, 2.75) is 6.92 Å². The molecule has 19 heavy (non-hydrogen) atoms. The summed E-state index contributed by atoms with van der Waals surface area (Å²) in [5.41, 5.74) is 7.39. The Balaban J connectivity index is 2.52. The highest BCUT2D eigenvalue weighted by Crippen LogP contribution is 2.29. The Morgan fingerprint density at radius 3 is 2.63 bits per heavy atom. The van der Waals surface area contributed by atoms with Gasteiger partial charge < -0.3 is 10.5 Å². The van der Waals surface area contributed by atoms with Gasteiger partial charge in [-0.1, -0.05) is 0 Å². The summed E-state index contributed by atoms with van der Waals surface area (Å²) in [4.78, 5) is 19.3. The molecule has 1 heterocycles. The van der Waals surface area contributed by atoms with Gasteiger partial charge in [-0.3, -0.25) is 4.79 Å². The van der Waals surface area contributed by atoms with Gasteiger partial charge in [-0.15, -0.1) is 0 Å². The minimum absolute atomic E-state index is 0.0157. The molecule has 2 aromatic rings. The standard InChI is InChI=1S/C13H12BrN3O2/c1-7-5-10(17-13(16-7)12(15)18)8-3-4-11(19-2)9(14)6-8/h3-6H,1-2H3,(H2,15,18). The quantitative estimate of drug-likeness (QED) is 0.941. The number of carbonyl (C=O) groups is 1. The molecule has 98 valence electrons. The number of nitrogens with zero attached hydrogens (tertiary/aromatic N) is 2. The lowest BCUT2D eigenvalue weighted by Gasteiger charge is -2.07. The van der Waals surface area contributed by atoms with Gasteiger partial charge in [0, 0.05) is 11.3 Å². The summed E-state index contributed by atoms with van der Waals surface area (Å²) >= 11 is 3.41. The number of amides is 1.